The van der Waals surface area contributed by atoms with Crippen molar-refractivity contribution in [3.8, 4) is 0 Å². The normalized spacial score (nSPS) is 14.7. The Morgan fingerprint density at radius 3 is 0.867 bits per heavy atom. The molecule has 4 N–H and O–H groups in total. The molecule has 0 aliphatic carbocycles. The minimum absolute atomic E-state index is 0.0413. The molecule has 0 aromatic carbocycles. The number of rotatable bonds is 77. The highest BCUT2D eigenvalue weighted by molar-refractivity contribution is 7.47. The highest BCUT2D eigenvalue weighted by atomic mass is 31.2. The van der Waals surface area contributed by atoms with Crippen LogP contribution in [0.15, 0.2) is 146 Å². The minimum atomic E-state index is -4.95. The van der Waals surface area contributed by atoms with Gasteiger partial charge in [-0.1, -0.05) is 327 Å². The van der Waals surface area contributed by atoms with Crippen LogP contribution in [0.25, 0.3) is 0 Å². The summed E-state index contributed by atoms with van der Waals surface area (Å²) in [6, 6.07) is 0. The van der Waals surface area contributed by atoms with E-state index in [1.807, 2.05) is 18.2 Å². The lowest BCUT2D eigenvalue weighted by Gasteiger charge is -2.21. The molecule has 18 heteroatoms. The lowest BCUT2D eigenvalue weighted by molar-refractivity contribution is -0.161. The molecule has 0 rings (SSSR count). The first kappa shape index (κ1) is 100. The number of aliphatic hydroxyl groups excluding tert-OH is 2. The van der Waals surface area contributed by atoms with Crippen LogP contribution >= 0.6 is 15.6 Å². The van der Waals surface area contributed by atoms with Crippen LogP contribution in [0.2, 0.25) is 0 Å². The van der Waals surface area contributed by atoms with Gasteiger partial charge in [-0.25, -0.2) is 9.13 Å². The van der Waals surface area contributed by atoms with E-state index in [-0.39, 0.29) is 19.3 Å². The van der Waals surface area contributed by atoms with E-state index in [1.165, 1.54) is 141 Å². The number of hydrogen-bond acceptors (Lipinski definition) is 14. The van der Waals surface area contributed by atoms with Gasteiger partial charge in [-0.2, -0.15) is 0 Å². The maximum atomic E-state index is 12.9. The molecular weight excluding hydrogens is 1360 g/mol. The van der Waals surface area contributed by atoms with Crippen molar-refractivity contribution in [1.82, 2.24) is 0 Å². The van der Waals surface area contributed by atoms with Gasteiger partial charge in [0.1, 0.15) is 25.4 Å². The SMILES string of the molecule is CC/C=C\C/C=C\C/C=C\C/C=C\C/C=C\C/C=C\CCC(=O)OCC(COP(=O)(O)OCC(O)COP(=O)(O)OCC(O)COC(=O)CCCCCCCCCCCCCCCCCCCCC/C=C\C/C=C\C/C=C\C/C=C\C/C=C\CC)OC(=O)CCCCCCC/C=C\CCCCCCCC. The van der Waals surface area contributed by atoms with Crippen LogP contribution in [-0.4, -0.2) is 95.9 Å². The fraction of sp³-hybridized carbons (Fsp3) is 0.690. The van der Waals surface area contributed by atoms with Gasteiger partial charge in [0.2, 0.25) is 0 Å². The highest BCUT2D eigenvalue weighted by Crippen LogP contribution is 2.45. The van der Waals surface area contributed by atoms with Crippen LogP contribution < -0.4 is 0 Å². The van der Waals surface area contributed by atoms with Crippen LogP contribution in [0.3, 0.4) is 0 Å². The summed E-state index contributed by atoms with van der Waals surface area (Å²) in [7, 11) is -9.81. The zero-order chi connectivity index (χ0) is 76.6. The predicted molar refractivity (Wildman–Crippen MR) is 436 cm³/mol. The third-order valence-corrected chi connectivity index (χ3v) is 18.9. The standard InChI is InChI=1S/C87H148O16P2/c1-4-7-10-13-16-19-22-25-28-30-32-33-34-35-36-37-38-39-40-41-42-43-44-45-46-47-49-51-53-55-58-61-64-67-70-73-85(90)97-76-82(88)77-99-104(93,94)100-78-83(89)79-101-105(95,96)102-81-84(103-87(92)75-72-69-66-63-60-57-52-27-24-21-18-15-12-9-6-3)80-98-86(91)74-71-68-65-62-59-56-54-50-48-31-29-26-23-20-17-14-11-8-5-2/h7-8,10-11,16-17,19-20,25-29,32-33,35-36,48,50,52,56,59,65,68,82-84,88-89H,4-6,9,12-15,18,21-24,30-31,34,37-47,49,51,53-55,57-58,60-64,66-67,69-81H2,1-3H3,(H,93,94)(H,95,96)/b10-7-,11-8-,19-16-,20-17-,28-25-,29-26-,33-32-,36-35-,50-48-,52-27-,59-56-,68-65-. The Kier molecular flexibility index (Phi) is 75.6. The number of carbonyl (C=O) groups is 3. The van der Waals surface area contributed by atoms with E-state index in [4.69, 9.17) is 32.3 Å². The Labute approximate surface area is 638 Å². The van der Waals surface area contributed by atoms with Gasteiger partial charge in [0.15, 0.2) is 6.10 Å². The summed E-state index contributed by atoms with van der Waals surface area (Å²) in [5, 5.41) is 20.6. The van der Waals surface area contributed by atoms with Gasteiger partial charge in [0.05, 0.1) is 26.4 Å². The van der Waals surface area contributed by atoms with Gasteiger partial charge in [0.25, 0.3) is 0 Å². The Bertz CT molecular complexity index is 2490. The monoisotopic (exact) mass is 1510 g/mol. The molecule has 5 atom stereocenters. The second-order valence-corrected chi connectivity index (χ2v) is 30.1. The van der Waals surface area contributed by atoms with Gasteiger partial charge in [-0.3, -0.25) is 32.5 Å². The molecule has 105 heavy (non-hydrogen) atoms. The van der Waals surface area contributed by atoms with E-state index >= 15 is 0 Å². The van der Waals surface area contributed by atoms with E-state index < -0.39 is 91.5 Å². The molecule has 16 nitrogen and oxygen atoms in total. The van der Waals surface area contributed by atoms with Crippen molar-refractivity contribution in [2.45, 2.75) is 347 Å². The van der Waals surface area contributed by atoms with Crippen molar-refractivity contribution in [3.63, 3.8) is 0 Å². The number of unbranched alkanes of at least 4 members (excludes halogenated alkanes) is 30. The second kappa shape index (κ2) is 79.0. The molecule has 0 saturated heterocycles. The molecule has 0 aromatic rings. The van der Waals surface area contributed by atoms with E-state index in [0.29, 0.717) is 25.7 Å². The smallest absolute Gasteiger partial charge is 0.463 e. The van der Waals surface area contributed by atoms with E-state index in [2.05, 4.69) is 148 Å². The Morgan fingerprint density at radius 2 is 0.524 bits per heavy atom. The van der Waals surface area contributed by atoms with Gasteiger partial charge < -0.3 is 34.2 Å². The first-order chi connectivity index (χ1) is 51.2. The third kappa shape index (κ3) is 80.3. The van der Waals surface area contributed by atoms with Crippen LogP contribution in [0.4, 0.5) is 0 Å². The van der Waals surface area contributed by atoms with Gasteiger partial charge in [0, 0.05) is 19.3 Å². The van der Waals surface area contributed by atoms with Crippen LogP contribution in [-0.2, 0) is 55.8 Å². The summed E-state index contributed by atoms with van der Waals surface area (Å²) in [6.07, 6.45) is 98.0. The van der Waals surface area contributed by atoms with Crippen molar-refractivity contribution in [2.24, 2.45) is 0 Å². The molecule has 0 aromatic heterocycles. The van der Waals surface area contributed by atoms with Gasteiger partial charge in [-0.05, 0) is 128 Å². The summed E-state index contributed by atoms with van der Waals surface area (Å²) in [5.41, 5.74) is 0. The summed E-state index contributed by atoms with van der Waals surface area (Å²) in [6.45, 7) is 2.36. The molecule has 0 radical (unpaired) electrons. The Hall–Kier alpha value is -4.57. The molecule has 0 fully saturated rings. The van der Waals surface area contributed by atoms with E-state index in [1.54, 1.807) is 0 Å². The fourth-order valence-corrected chi connectivity index (χ4v) is 12.4. The van der Waals surface area contributed by atoms with Crippen LogP contribution in [0.5, 0.6) is 0 Å². The number of aliphatic hydroxyl groups is 2. The topological polar surface area (TPSA) is 231 Å². The van der Waals surface area contributed by atoms with Gasteiger partial charge >= 0.3 is 33.6 Å². The molecule has 5 unspecified atom stereocenters. The molecule has 0 aliphatic heterocycles. The zero-order valence-corrected chi connectivity index (χ0v) is 67.6. The predicted octanol–water partition coefficient (Wildman–Crippen LogP) is 24.4. The first-order valence-corrected chi connectivity index (χ1v) is 44.1. The first-order valence-electron chi connectivity index (χ1n) is 41.1. The quantitative estimate of drug-likeness (QED) is 0.0146. The largest absolute Gasteiger partial charge is 0.472 e. The molecule has 0 bridgehead atoms. The van der Waals surface area contributed by atoms with Crippen molar-refractivity contribution in [2.75, 3.05) is 39.6 Å². The number of phosphoric acid groups is 2. The Morgan fingerprint density at radius 1 is 0.276 bits per heavy atom. The van der Waals surface area contributed by atoms with Gasteiger partial charge in [-0.15, -0.1) is 0 Å². The van der Waals surface area contributed by atoms with E-state index in [0.717, 1.165) is 122 Å². The fourth-order valence-electron chi connectivity index (χ4n) is 10.9. The summed E-state index contributed by atoms with van der Waals surface area (Å²) in [5.74, 6) is -1.68. The van der Waals surface area contributed by atoms with Crippen molar-refractivity contribution in [1.29, 1.82) is 0 Å². The highest BCUT2D eigenvalue weighted by Gasteiger charge is 2.29. The molecule has 0 spiro atoms. The van der Waals surface area contributed by atoms with Crippen molar-refractivity contribution in [3.05, 3.63) is 146 Å². The maximum Gasteiger partial charge on any atom is 0.472 e. The van der Waals surface area contributed by atoms with Crippen LogP contribution in [0.1, 0.15) is 329 Å². The van der Waals surface area contributed by atoms with E-state index in [9.17, 15) is 43.5 Å². The lowest BCUT2D eigenvalue weighted by Crippen LogP contribution is -2.30. The van der Waals surface area contributed by atoms with Crippen molar-refractivity contribution < 1.29 is 75.8 Å². The number of allylic oxidation sites excluding steroid dienone is 24. The minimum Gasteiger partial charge on any atom is -0.463 e. The molecule has 0 aliphatic rings. The number of carbonyl (C=O) groups excluding carboxylic acids is 3. The molecule has 0 saturated carbocycles. The average molecular weight is 1510 g/mol. The summed E-state index contributed by atoms with van der Waals surface area (Å²) < 4.78 is 61.0. The van der Waals surface area contributed by atoms with Crippen LogP contribution in [0, 0.1) is 0 Å². The number of esters is 3. The maximum absolute atomic E-state index is 12.9. The molecular formula is C87H148O16P2. The number of phosphoric ester groups is 2. The third-order valence-electron chi connectivity index (χ3n) is 17.0. The number of hydrogen-bond donors (Lipinski definition) is 4. The molecule has 0 amide bonds. The summed E-state index contributed by atoms with van der Waals surface area (Å²) in [4.78, 5) is 58.6. The second-order valence-electron chi connectivity index (χ2n) is 27.2. The lowest BCUT2D eigenvalue weighted by atomic mass is 10.0. The molecule has 602 valence electrons. The zero-order valence-electron chi connectivity index (χ0n) is 65.9. The molecule has 0 heterocycles. The average Bonchev–Trinajstić information content (AvgIpc) is 0.913. The number of ether oxygens (including phenoxy) is 3. The summed E-state index contributed by atoms with van der Waals surface area (Å²) >= 11 is 0. The van der Waals surface area contributed by atoms with Crippen molar-refractivity contribution >= 4 is 33.6 Å². The Balaban J connectivity index is 4.44.